The summed E-state index contributed by atoms with van der Waals surface area (Å²) in [5.41, 5.74) is 8.67. The molecule has 0 heterocycles. The van der Waals surface area contributed by atoms with Crippen molar-refractivity contribution in [2.24, 2.45) is 11.8 Å². The van der Waals surface area contributed by atoms with Crippen LogP contribution in [0.15, 0.2) is 91.5 Å². The van der Waals surface area contributed by atoms with Crippen LogP contribution in [0.2, 0.25) is 0 Å². The normalized spacial score (nSPS) is 21.0. The molecule has 0 N–H and O–H groups in total. The van der Waals surface area contributed by atoms with Crippen molar-refractivity contribution in [2.75, 3.05) is 0 Å². The van der Waals surface area contributed by atoms with E-state index in [1.165, 1.54) is 33.4 Å². The first-order valence-electron chi connectivity index (χ1n) is 11.3. The molecule has 0 saturated carbocycles. The van der Waals surface area contributed by atoms with Gasteiger partial charge in [0.1, 0.15) is 0 Å². The first kappa shape index (κ1) is 19.1. The lowest BCUT2D eigenvalue weighted by atomic mass is 9.58. The Kier molecular flexibility index (Phi) is 4.74. The third kappa shape index (κ3) is 2.59. The topological polar surface area (TPSA) is 0 Å². The lowest BCUT2D eigenvalue weighted by Gasteiger charge is -2.45. The molecule has 2 aliphatic carbocycles. The van der Waals surface area contributed by atoms with E-state index in [0.29, 0.717) is 17.8 Å². The molecule has 0 amide bonds. The maximum absolute atomic E-state index is 4.11. The fourth-order valence-corrected chi connectivity index (χ4v) is 6.39. The van der Waals surface area contributed by atoms with Gasteiger partial charge in [-0.25, -0.2) is 0 Å². The van der Waals surface area contributed by atoms with Crippen LogP contribution in [0, 0.1) is 11.8 Å². The van der Waals surface area contributed by atoms with Gasteiger partial charge in [0.15, 0.2) is 0 Å². The summed E-state index contributed by atoms with van der Waals surface area (Å²) in [7, 11) is 0. The quantitative estimate of drug-likeness (QED) is 0.374. The highest BCUT2D eigenvalue weighted by atomic mass is 14.5. The van der Waals surface area contributed by atoms with Gasteiger partial charge in [-0.15, -0.1) is 6.58 Å². The average Bonchev–Trinajstić information content (AvgIpc) is 3.34. The molecule has 150 valence electrons. The number of benzene rings is 3. The second-order valence-electron chi connectivity index (χ2n) is 8.92. The first-order valence-corrected chi connectivity index (χ1v) is 11.3. The molecule has 0 heteroatoms. The fourth-order valence-electron chi connectivity index (χ4n) is 6.39. The molecule has 0 aromatic heterocycles. The summed E-state index contributed by atoms with van der Waals surface area (Å²) in [6.45, 7) is 8.94. The molecule has 3 unspecified atom stereocenters. The van der Waals surface area contributed by atoms with Gasteiger partial charge in [-0.05, 0) is 51.6 Å². The molecule has 3 atom stereocenters. The average molecular weight is 391 g/mol. The van der Waals surface area contributed by atoms with E-state index in [1.54, 1.807) is 0 Å². The molecule has 0 bridgehead atoms. The minimum Gasteiger partial charge on any atom is -0.103 e. The molecule has 2 aliphatic rings. The Morgan fingerprint density at radius 3 is 2.13 bits per heavy atom. The number of fused-ring (bicyclic) bond motifs is 4. The standard InChI is InChI=1S/C30H30/c1-4-12-23(5-2)30(20-19-22-13-6-11-18-28(22)30)21(3)29-26-16-9-7-14-24(26)25-15-8-10-17-27(25)29/h4,6-11,13-21,23,29H,1,5,12H2,2-3H3. The summed E-state index contributed by atoms with van der Waals surface area (Å²) < 4.78 is 0. The Labute approximate surface area is 181 Å². The van der Waals surface area contributed by atoms with Crippen LogP contribution in [-0.4, -0.2) is 0 Å². The first-order chi connectivity index (χ1) is 14.7. The molecular weight excluding hydrogens is 360 g/mol. The van der Waals surface area contributed by atoms with Crippen LogP contribution in [0.25, 0.3) is 17.2 Å². The summed E-state index contributed by atoms with van der Waals surface area (Å²) in [5, 5.41) is 0. The Morgan fingerprint density at radius 2 is 1.50 bits per heavy atom. The van der Waals surface area contributed by atoms with Crippen molar-refractivity contribution in [1.82, 2.24) is 0 Å². The minimum absolute atomic E-state index is 0.00869. The maximum atomic E-state index is 4.11. The van der Waals surface area contributed by atoms with Crippen LogP contribution >= 0.6 is 0 Å². The molecule has 5 rings (SSSR count). The van der Waals surface area contributed by atoms with E-state index < -0.39 is 0 Å². The van der Waals surface area contributed by atoms with Gasteiger partial charge in [0.05, 0.1) is 0 Å². The van der Waals surface area contributed by atoms with E-state index in [2.05, 4.69) is 111 Å². The fraction of sp³-hybridized carbons (Fsp3) is 0.267. The summed E-state index contributed by atoms with van der Waals surface area (Å²) >= 11 is 0. The van der Waals surface area contributed by atoms with E-state index >= 15 is 0 Å². The predicted molar refractivity (Wildman–Crippen MR) is 129 cm³/mol. The highest BCUT2D eigenvalue weighted by Gasteiger charge is 2.49. The van der Waals surface area contributed by atoms with Crippen molar-refractivity contribution >= 4 is 6.08 Å². The number of hydrogen-bond donors (Lipinski definition) is 0. The molecule has 0 spiro atoms. The SMILES string of the molecule is C=CCC(CC)C1(C(C)C2c3ccccc3-c3ccccc32)C=Cc2ccccc21. The van der Waals surface area contributed by atoms with Gasteiger partial charge in [-0.3, -0.25) is 0 Å². The van der Waals surface area contributed by atoms with Crippen LogP contribution in [0.3, 0.4) is 0 Å². The molecule has 30 heavy (non-hydrogen) atoms. The van der Waals surface area contributed by atoms with Crippen molar-refractivity contribution in [2.45, 2.75) is 38.0 Å². The molecule has 3 aromatic carbocycles. The summed E-state index contributed by atoms with van der Waals surface area (Å²) in [5.74, 6) is 1.36. The molecule has 0 aliphatic heterocycles. The summed E-state index contributed by atoms with van der Waals surface area (Å²) in [6.07, 6.45) is 9.20. The zero-order valence-corrected chi connectivity index (χ0v) is 18.0. The van der Waals surface area contributed by atoms with E-state index in [1.807, 2.05) is 0 Å². The van der Waals surface area contributed by atoms with E-state index in [4.69, 9.17) is 0 Å². The van der Waals surface area contributed by atoms with Gasteiger partial charge < -0.3 is 0 Å². The van der Waals surface area contributed by atoms with Crippen LogP contribution in [0.5, 0.6) is 0 Å². The second kappa shape index (κ2) is 7.43. The van der Waals surface area contributed by atoms with Crippen molar-refractivity contribution in [3.8, 4) is 11.1 Å². The van der Waals surface area contributed by atoms with Gasteiger partial charge in [0, 0.05) is 11.3 Å². The largest absolute Gasteiger partial charge is 0.103 e. The van der Waals surface area contributed by atoms with E-state index in [0.717, 1.165) is 12.8 Å². The number of hydrogen-bond acceptors (Lipinski definition) is 0. The van der Waals surface area contributed by atoms with E-state index in [-0.39, 0.29) is 5.41 Å². The summed E-state index contributed by atoms with van der Waals surface area (Å²) in [6, 6.07) is 27.1. The van der Waals surface area contributed by atoms with Crippen molar-refractivity contribution in [3.05, 3.63) is 114 Å². The van der Waals surface area contributed by atoms with Gasteiger partial charge in [-0.2, -0.15) is 0 Å². The molecule has 0 fully saturated rings. The Bertz CT molecular complexity index is 1070. The Hall–Kier alpha value is -2.86. The van der Waals surface area contributed by atoms with Crippen LogP contribution in [0.4, 0.5) is 0 Å². The van der Waals surface area contributed by atoms with Crippen molar-refractivity contribution < 1.29 is 0 Å². The molecule has 0 radical (unpaired) electrons. The Morgan fingerprint density at radius 1 is 0.900 bits per heavy atom. The highest BCUT2D eigenvalue weighted by Crippen LogP contribution is 2.58. The van der Waals surface area contributed by atoms with Gasteiger partial charge >= 0.3 is 0 Å². The van der Waals surface area contributed by atoms with Gasteiger partial charge in [0.2, 0.25) is 0 Å². The van der Waals surface area contributed by atoms with Gasteiger partial charge in [-0.1, -0.05) is 111 Å². The smallest absolute Gasteiger partial charge is 0.0207 e. The lowest BCUT2D eigenvalue weighted by Crippen LogP contribution is -2.41. The van der Waals surface area contributed by atoms with Crippen LogP contribution in [-0.2, 0) is 5.41 Å². The molecule has 0 saturated heterocycles. The molecule has 0 nitrogen and oxygen atoms in total. The number of allylic oxidation sites excluding steroid dienone is 2. The van der Waals surface area contributed by atoms with Gasteiger partial charge in [0.25, 0.3) is 0 Å². The lowest BCUT2D eigenvalue weighted by molar-refractivity contribution is 0.218. The van der Waals surface area contributed by atoms with Crippen LogP contribution < -0.4 is 0 Å². The third-order valence-corrected chi connectivity index (χ3v) is 7.72. The molecule has 3 aromatic rings. The van der Waals surface area contributed by atoms with Crippen molar-refractivity contribution in [3.63, 3.8) is 0 Å². The second-order valence-corrected chi connectivity index (χ2v) is 8.92. The minimum atomic E-state index is 0.00869. The third-order valence-electron chi connectivity index (χ3n) is 7.72. The zero-order valence-electron chi connectivity index (χ0n) is 18.0. The highest BCUT2D eigenvalue weighted by molar-refractivity contribution is 5.79. The monoisotopic (exact) mass is 390 g/mol. The van der Waals surface area contributed by atoms with Crippen LogP contribution in [0.1, 0.15) is 54.9 Å². The summed E-state index contributed by atoms with van der Waals surface area (Å²) in [4.78, 5) is 0. The van der Waals surface area contributed by atoms with Crippen molar-refractivity contribution in [1.29, 1.82) is 0 Å². The zero-order chi connectivity index (χ0) is 20.7. The Balaban J connectivity index is 1.73. The predicted octanol–water partition coefficient (Wildman–Crippen LogP) is 8.00. The maximum Gasteiger partial charge on any atom is 0.0207 e. The van der Waals surface area contributed by atoms with E-state index in [9.17, 15) is 0 Å². The number of rotatable bonds is 6. The molecular formula is C30H30.